The van der Waals surface area contributed by atoms with Crippen molar-refractivity contribution < 1.29 is 9.59 Å². The molecule has 0 saturated carbocycles. The van der Waals surface area contributed by atoms with Crippen molar-refractivity contribution in [2.24, 2.45) is 0 Å². The van der Waals surface area contributed by atoms with Crippen LogP contribution in [0.25, 0.3) is 0 Å². The number of carbonyl (C=O) groups is 2. The minimum absolute atomic E-state index is 0.0925. The van der Waals surface area contributed by atoms with Gasteiger partial charge in [0.15, 0.2) is 0 Å². The van der Waals surface area contributed by atoms with Gasteiger partial charge in [-0.25, -0.2) is 0 Å². The van der Waals surface area contributed by atoms with Crippen LogP contribution in [0.2, 0.25) is 0 Å². The zero-order valence-electron chi connectivity index (χ0n) is 13.9. The fourth-order valence-corrected chi connectivity index (χ4v) is 2.77. The number of amides is 2. The molecule has 1 atom stereocenters. The quantitative estimate of drug-likeness (QED) is 0.749. The molecule has 0 saturated heterocycles. The molecule has 0 aromatic heterocycles. The highest BCUT2D eigenvalue weighted by Crippen LogP contribution is 2.19. The molecule has 0 unspecified atom stereocenters. The summed E-state index contributed by atoms with van der Waals surface area (Å²) in [6, 6.07) is 16.9. The maximum atomic E-state index is 12.3. The van der Waals surface area contributed by atoms with Gasteiger partial charge in [-0.2, -0.15) is 0 Å². The first-order valence-electron chi connectivity index (χ1n) is 7.97. The van der Waals surface area contributed by atoms with Gasteiger partial charge >= 0.3 is 0 Å². The van der Waals surface area contributed by atoms with Crippen molar-refractivity contribution >= 4 is 29.3 Å². The van der Waals surface area contributed by atoms with Crippen molar-refractivity contribution in [3.05, 3.63) is 60.2 Å². The maximum absolute atomic E-state index is 12.3. The van der Waals surface area contributed by atoms with Crippen LogP contribution >= 0.6 is 11.8 Å². The van der Waals surface area contributed by atoms with Crippen LogP contribution in [-0.4, -0.2) is 23.6 Å². The number of hydrogen-bond donors (Lipinski definition) is 2. The Hall–Kier alpha value is -2.27. The van der Waals surface area contributed by atoms with Gasteiger partial charge < -0.3 is 10.6 Å². The molecule has 0 aliphatic carbocycles. The molecule has 0 radical (unpaired) electrons. The third-order valence-corrected chi connectivity index (χ3v) is 4.56. The van der Waals surface area contributed by atoms with Gasteiger partial charge in [0.05, 0.1) is 17.0 Å². The van der Waals surface area contributed by atoms with E-state index in [-0.39, 0.29) is 17.9 Å². The zero-order valence-corrected chi connectivity index (χ0v) is 14.7. The van der Waals surface area contributed by atoms with Gasteiger partial charge in [-0.3, -0.25) is 9.59 Å². The topological polar surface area (TPSA) is 58.2 Å². The molecular formula is C19H22N2O2S. The number of rotatable bonds is 7. The highest BCUT2D eigenvalue weighted by Gasteiger charge is 2.14. The highest BCUT2D eigenvalue weighted by atomic mass is 32.2. The minimum Gasteiger partial charge on any atom is -0.350 e. The van der Waals surface area contributed by atoms with E-state index in [1.54, 1.807) is 24.3 Å². The molecule has 24 heavy (non-hydrogen) atoms. The second-order valence-electron chi connectivity index (χ2n) is 5.48. The number of para-hydroxylation sites is 1. The first kappa shape index (κ1) is 18.1. The zero-order chi connectivity index (χ0) is 17.4. The molecular weight excluding hydrogens is 320 g/mol. The Morgan fingerprint density at radius 3 is 2.42 bits per heavy atom. The van der Waals surface area contributed by atoms with Crippen molar-refractivity contribution in [3.8, 4) is 0 Å². The molecule has 2 amide bonds. The third-order valence-electron chi connectivity index (χ3n) is 3.55. The smallest absolute Gasteiger partial charge is 0.253 e. The van der Waals surface area contributed by atoms with Gasteiger partial charge in [0.25, 0.3) is 5.91 Å². The third kappa shape index (κ3) is 5.42. The lowest BCUT2D eigenvalue weighted by Crippen LogP contribution is -2.32. The number of nitrogens with one attached hydrogen (secondary N) is 2. The maximum Gasteiger partial charge on any atom is 0.253 e. The Kier molecular flexibility index (Phi) is 6.88. The van der Waals surface area contributed by atoms with Crippen LogP contribution in [0.1, 0.15) is 30.6 Å². The molecule has 2 N–H and O–H groups in total. The fraction of sp³-hybridized carbons (Fsp3) is 0.263. The first-order valence-corrected chi connectivity index (χ1v) is 8.96. The fourth-order valence-electron chi connectivity index (χ4n) is 2.05. The number of carbonyl (C=O) groups excluding carboxylic acids is 2. The standard InChI is InChI=1S/C19H22N2O2S/c1-3-14(2)20-19(23)16-11-7-8-12-17(16)21-18(22)13-24-15-9-5-4-6-10-15/h4-12,14H,3,13H2,1-2H3,(H,20,23)(H,21,22)/t14-/m1/s1. The Labute approximate surface area is 147 Å². The number of hydrogen-bond acceptors (Lipinski definition) is 3. The van der Waals surface area contributed by atoms with E-state index in [1.807, 2.05) is 44.2 Å². The van der Waals surface area contributed by atoms with E-state index in [0.717, 1.165) is 11.3 Å². The van der Waals surface area contributed by atoms with Gasteiger partial charge in [0, 0.05) is 10.9 Å². The van der Waals surface area contributed by atoms with Gasteiger partial charge in [-0.15, -0.1) is 11.8 Å². The molecule has 0 spiro atoms. The molecule has 0 aliphatic heterocycles. The molecule has 0 aliphatic rings. The predicted molar refractivity (Wildman–Crippen MR) is 99.5 cm³/mol. The summed E-state index contributed by atoms with van der Waals surface area (Å²) in [6.45, 7) is 3.97. The average molecular weight is 342 g/mol. The number of benzene rings is 2. The summed E-state index contributed by atoms with van der Waals surface area (Å²) in [5.74, 6) is -0.00526. The van der Waals surface area contributed by atoms with Crippen LogP contribution in [-0.2, 0) is 4.79 Å². The molecule has 126 valence electrons. The molecule has 2 aromatic rings. The van der Waals surface area contributed by atoms with E-state index in [1.165, 1.54) is 11.8 Å². The Balaban J connectivity index is 1.99. The minimum atomic E-state index is -0.170. The predicted octanol–water partition coefficient (Wildman–Crippen LogP) is 3.95. The van der Waals surface area contributed by atoms with Crippen LogP contribution in [0, 0.1) is 0 Å². The van der Waals surface area contributed by atoms with Crippen LogP contribution in [0.5, 0.6) is 0 Å². The van der Waals surface area contributed by atoms with E-state index in [2.05, 4.69) is 10.6 Å². The van der Waals surface area contributed by atoms with E-state index in [9.17, 15) is 9.59 Å². The number of thioether (sulfide) groups is 1. The summed E-state index contributed by atoms with van der Waals surface area (Å²) in [6.07, 6.45) is 0.855. The summed E-state index contributed by atoms with van der Waals surface area (Å²) >= 11 is 1.46. The van der Waals surface area contributed by atoms with Crippen molar-refractivity contribution in [1.82, 2.24) is 5.32 Å². The molecule has 2 aromatic carbocycles. The lowest BCUT2D eigenvalue weighted by atomic mass is 10.1. The SMILES string of the molecule is CC[C@@H](C)NC(=O)c1ccccc1NC(=O)CSc1ccccc1. The van der Waals surface area contributed by atoms with Crippen molar-refractivity contribution in [2.45, 2.75) is 31.2 Å². The molecule has 0 bridgehead atoms. The van der Waals surface area contributed by atoms with E-state index < -0.39 is 0 Å². The van der Waals surface area contributed by atoms with Crippen LogP contribution in [0.3, 0.4) is 0 Å². The van der Waals surface area contributed by atoms with Crippen LogP contribution in [0.15, 0.2) is 59.5 Å². The monoisotopic (exact) mass is 342 g/mol. The van der Waals surface area contributed by atoms with Gasteiger partial charge in [-0.1, -0.05) is 37.3 Å². The molecule has 0 fully saturated rings. The molecule has 5 heteroatoms. The second kappa shape index (κ2) is 9.13. The van der Waals surface area contributed by atoms with E-state index >= 15 is 0 Å². The Morgan fingerprint density at radius 1 is 1.04 bits per heavy atom. The highest BCUT2D eigenvalue weighted by molar-refractivity contribution is 8.00. The second-order valence-corrected chi connectivity index (χ2v) is 6.53. The average Bonchev–Trinajstić information content (AvgIpc) is 2.61. The Morgan fingerprint density at radius 2 is 1.71 bits per heavy atom. The molecule has 4 nitrogen and oxygen atoms in total. The summed E-state index contributed by atoms with van der Waals surface area (Å²) in [4.78, 5) is 25.5. The van der Waals surface area contributed by atoms with Gasteiger partial charge in [0.1, 0.15) is 0 Å². The summed E-state index contributed by atoms with van der Waals surface area (Å²) in [5, 5.41) is 5.75. The summed E-state index contributed by atoms with van der Waals surface area (Å²) < 4.78 is 0. The lowest BCUT2D eigenvalue weighted by Gasteiger charge is -2.14. The first-order chi connectivity index (χ1) is 11.6. The van der Waals surface area contributed by atoms with Crippen molar-refractivity contribution in [3.63, 3.8) is 0 Å². The lowest BCUT2D eigenvalue weighted by molar-refractivity contribution is -0.113. The van der Waals surface area contributed by atoms with E-state index in [0.29, 0.717) is 17.0 Å². The summed E-state index contributed by atoms with van der Waals surface area (Å²) in [7, 11) is 0. The van der Waals surface area contributed by atoms with E-state index in [4.69, 9.17) is 0 Å². The Bertz CT molecular complexity index is 689. The van der Waals surface area contributed by atoms with Gasteiger partial charge in [-0.05, 0) is 37.6 Å². The number of anilines is 1. The normalized spacial score (nSPS) is 11.6. The van der Waals surface area contributed by atoms with Crippen molar-refractivity contribution in [1.29, 1.82) is 0 Å². The molecule has 0 heterocycles. The van der Waals surface area contributed by atoms with Gasteiger partial charge in [0.2, 0.25) is 5.91 Å². The van der Waals surface area contributed by atoms with Crippen LogP contribution < -0.4 is 10.6 Å². The largest absolute Gasteiger partial charge is 0.350 e. The van der Waals surface area contributed by atoms with Crippen LogP contribution in [0.4, 0.5) is 5.69 Å². The van der Waals surface area contributed by atoms with Crippen molar-refractivity contribution in [2.75, 3.05) is 11.1 Å². The molecule has 2 rings (SSSR count). The summed E-state index contributed by atoms with van der Waals surface area (Å²) in [5.41, 5.74) is 1.02.